The molecule has 9 nitrogen and oxygen atoms in total. The number of phenolic OH excluding ortho intramolecular Hbond substituents is 1. The van der Waals surface area contributed by atoms with Crippen LogP contribution in [0.25, 0.3) is 5.69 Å². The molecule has 26 heavy (non-hydrogen) atoms. The van der Waals surface area contributed by atoms with Gasteiger partial charge in [-0.1, -0.05) is 11.8 Å². The van der Waals surface area contributed by atoms with Crippen LogP contribution in [0.3, 0.4) is 0 Å². The number of carbonyl (C=O) groups excluding carboxylic acids is 2. The van der Waals surface area contributed by atoms with Crippen LogP contribution < -0.4 is 5.32 Å². The van der Waals surface area contributed by atoms with E-state index in [0.717, 1.165) is 0 Å². The first-order valence-corrected chi connectivity index (χ1v) is 8.90. The third kappa shape index (κ3) is 5.73. The van der Waals surface area contributed by atoms with Gasteiger partial charge >= 0.3 is 0 Å². The third-order valence-electron chi connectivity index (χ3n) is 3.18. The number of rotatable bonds is 6. The maximum Gasteiger partial charge on any atom is 0.240 e. The number of hydrogen-bond acceptors (Lipinski definition) is 7. The number of nitrogens with one attached hydrogen (secondary N) is 1. The quantitative estimate of drug-likeness (QED) is 0.716. The molecule has 0 spiro atoms. The number of carbonyl (C=O) groups is 2. The number of phenols is 1. The summed E-state index contributed by atoms with van der Waals surface area (Å²) in [4.78, 5) is 25.5. The van der Waals surface area contributed by atoms with Gasteiger partial charge in [-0.05, 0) is 55.5 Å². The minimum atomic E-state index is -0.345. The van der Waals surface area contributed by atoms with Crippen LogP contribution >= 0.6 is 11.8 Å². The standard InChI is InChI=1S/C16H22N6O3S/c1-16(2,3)17-13(24)9-21(4)14(25)10-26-15-18-19-20-22(15)11-5-7-12(23)8-6-11/h5-8,23H,9-10H2,1-4H3,(H,17,24). The van der Waals surface area contributed by atoms with E-state index in [1.165, 1.54) is 33.5 Å². The number of thioether (sulfide) groups is 1. The molecule has 2 amide bonds. The van der Waals surface area contributed by atoms with Gasteiger partial charge in [0.15, 0.2) is 0 Å². The van der Waals surface area contributed by atoms with Gasteiger partial charge in [-0.15, -0.1) is 5.10 Å². The summed E-state index contributed by atoms with van der Waals surface area (Å²) in [7, 11) is 1.58. The van der Waals surface area contributed by atoms with Crippen molar-refractivity contribution in [3.8, 4) is 11.4 Å². The summed E-state index contributed by atoms with van der Waals surface area (Å²) in [6.07, 6.45) is 0. The molecular formula is C16H22N6O3S. The number of hydrogen-bond donors (Lipinski definition) is 2. The minimum Gasteiger partial charge on any atom is -0.508 e. The maximum absolute atomic E-state index is 12.2. The van der Waals surface area contributed by atoms with Gasteiger partial charge in [0.05, 0.1) is 18.0 Å². The van der Waals surface area contributed by atoms with Gasteiger partial charge in [-0.2, -0.15) is 4.68 Å². The summed E-state index contributed by atoms with van der Waals surface area (Å²) in [5, 5.41) is 24.0. The Bertz CT molecular complexity index is 769. The van der Waals surface area contributed by atoms with E-state index in [2.05, 4.69) is 20.8 Å². The van der Waals surface area contributed by atoms with Crippen molar-refractivity contribution in [3.05, 3.63) is 24.3 Å². The Kier molecular flexibility index (Phi) is 6.19. The molecule has 0 aliphatic carbocycles. The Morgan fingerprint density at radius 1 is 1.27 bits per heavy atom. The van der Waals surface area contributed by atoms with Crippen molar-refractivity contribution in [1.29, 1.82) is 0 Å². The van der Waals surface area contributed by atoms with Gasteiger partial charge in [0.25, 0.3) is 0 Å². The average Bonchev–Trinajstić information content (AvgIpc) is 2.99. The second-order valence-corrected chi connectivity index (χ2v) is 7.67. The van der Waals surface area contributed by atoms with Crippen LogP contribution in [0.5, 0.6) is 5.75 Å². The van der Waals surface area contributed by atoms with Crippen LogP contribution in [0.15, 0.2) is 29.4 Å². The molecule has 1 heterocycles. The number of benzene rings is 1. The van der Waals surface area contributed by atoms with Crippen molar-refractivity contribution in [2.75, 3.05) is 19.3 Å². The minimum absolute atomic E-state index is 0.0143. The Labute approximate surface area is 155 Å². The molecule has 0 bridgehead atoms. The van der Waals surface area contributed by atoms with E-state index in [-0.39, 0.29) is 35.4 Å². The number of nitrogens with zero attached hydrogens (tertiary/aromatic N) is 5. The fourth-order valence-corrected chi connectivity index (χ4v) is 2.85. The third-order valence-corrected chi connectivity index (χ3v) is 4.08. The largest absolute Gasteiger partial charge is 0.508 e. The lowest BCUT2D eigenvalue weighted by Gasteiger charge is -2.23. The molecule has 2 aromatic rings. The highest BCUT2D eigenvalue weighted by molar-refractivity contribution is 7.99. The van der Waals surface area contributed by atoms with Crippen LogP contribution in [-0.2, 0) is 9.59 Å². The number of aromatic nitrogens is 4. The molecule has 0 saturated carbocycles. The highest BCUT2D eigenvalue weighted by Crippen LogP contribution is 2.20. The van der Waals surface area contributed by atoms with Crippen LogP contribution in [0, 0.1) is 0 Å². The number of likely N-dealkylation sites (N-methyl/N-ethyl adjacent to an activating group) is 1. The molecule has 0 fully saturated rings. The highest BCUT2D eigenvalue weighted by atomic mass is 32.2. The second kappa shape index (κ2) is 8.17. The van der Waals surface area contributed by atoms with Crippen LogP contribution in [0.2, 0.25) is 0 Å². The summed E-state index contributed by atoms with van der Waals surface area (Å²) < 4.78 is 1.48. The van der Waals surface area contributed by atoms with Gasteiger partial charge < -0.3 is 15.3 Å². The molecular weight excluding hydrogens is 356 g/mol. The summed E-state index contributed by atoms with van der Waals surface area (Å²) in [6.45, 7) is 5.63. The number of amides is 2. The van der Waals surface area contributed by atoms with Gasteiger partial charge in [0.2, 0.25) is 17.0 Å². The number of tetrazole rings is 1. The first-order valence-electron chi connectivity index (χ1n) is 7.91. The molecule has 140 valence electrons. The van der Waals surface area contributed by atoms with Gasteiger partial charge in [-0.25, -0.2) is 0 Å². The average molecular weight is 378 g/mol. The van der Waals surface area contributed by atoms with E-state index < -0.39 is 0 Å². The predicted octanol–water partition coefficient (Wildman–Crippen LogP) is 0.833. The van der Waals surface area contributed by atoms with E-state index in [1.807, 2.05) is 20.8 Å². The first-order chi connectivity index (χ1) is 12.2. The fourth-order valence-electron chi connectivity index (χ4n) is 2.02. The van der Waals surface area contributed by atoms with Crippen molar-refractivity contribution < 1.29 is 14.7 Å². The topological polar surface area (TPSA) is 113 Å². The fraction of sp³-hybridized carbons (Fsp3) is 0.438. The molecule has 0 atom stereocenters. The van der Waals surface area contributed by atoms with E-state index in [4.69, 9.17) is 0 Å². The molecule has 2 rings (SSSR count). The molecule has 0 radical (unpaired) electrons. The normalized spacial score (nSPS) is 11.2. The molecule has 0 aliphatic heterocycles. The molecule has 0 unspecified atom stereocenters. The van der Waals surface area contributed by atoms with E-state index >= 15 is 0 Å². The molecule has 2 N–H and O–H groups in total. The first kappa shape index (κ1) is 19.7. The number of aromatic hydroxyl groups is 1. The zero-order valence-electron chi connectivity index (χ0n) is 15.1. The lowest BCUT2D eigenvalue weighted by atomic mass is 10.1. The van der Waals surface area contributed by atoms with Crippen molar-refractivity contribution in [1.82, 2.24) is 30.4 Å². The summed E-state index contributed by atoms with van der Waals surface area (Å²) >= 11 is 1.17. The van der Waals surface area contributed by atoms with Crippen molar-refractivity contribution in [3.63, 3.8) is 0 Å². The molecule has 0 aliphatic rings. The van der Waals surface area contributed by atoms with Crippen LogP contribution in [-0.4, -0.2) is 66.9 Å². The molecule has 0 saturated heterocycles. The predicted molar refractivity (Wildman–Crippen MR) is 97.1 cm³/mol. The Morgan fingerprint density at radius 2 is 1.92 bits per heavy atom. The van der Waals surface area contributed by atoms with Crippen molar-refractivity contribution >= 4 is 23.6 Å². The molecule has 1 aromatic heterocycles. The maximum atomic E-state index is 12.2. The Hall–Kier alpha value is -2.62. The smallest absolute Gasteiger partial charge is 0.240 e. The highest BCUT2D eigenvalue weighted by Gasteiger charge is 2.19. The lowest BCUT2D eigenvalue weighted by Crippen LogP contribution is -2.46. The monoisotopic (exact) mass is 378 g/mol. The van der Waals surface area contributed by atoms with Gasteiger partial charge in [0.1, 0.15) is 5.75 Å². The Morgan fingerprint density at radius 3 is 2.54 bits per heavy atom. The Balaban J connectivity index is 1.93. The zero-order valence-corrected chi connectivity index (χ0v) is 15.9. The van der Waals surface area contributed by atoms with Crippen molar-refractivity contribution in [2.24, 2.45) is 0 Å². The van der Waals surface area contributed by atoms with E-state index in [1.54, 1.807) is 19.2 Å². The van der Waals surface area contributed by atoms with E-state index in [0.29, 0.717) is 10.8 Å². The SMILES string of the molecule is CN(CC(=O)NC(C)(C)C)C(=O)CSc1nnnn1-c1ccc(O)cc1. The van der Waals surface area contributed by atoms with E-state index in [9.17, 15) is 14.7 Å². The summed E-state index contributed by atoms with van der Waals surface area (Å²) in [6, 6.07) is 6.39. The van der Waals surface area contributed by atoms with Crippen molar-refractivity contribution in [2.45, 2.75) is 31.5 Å². The van der Waals surface area contributed by atoms with Crippen LogP contribution in [0.4, 0.5) is 0 Å². The molecule has 1 aromatic carbocycles. The zero-order chi connectivity index (χ0) is 19.3. The van der Waals surface area contributed by atoms with Gasteiger partial charge in [0, 0.05) is 12.6 Å². The summed E-state index contributed by atoms with van der Waals surface area (Å²) in [5.41, 5.74) is 0.322. The molecule has 10 heteroatoms. The second-order valence-electron chi connectivity index (χ2n) is 6.73. The van der Waals surface area contributed by atoms with Gasteiger partial charge in [-0.3, -0.25) is 9.59 Å². The van der Waals surface area contributed by atoms with Crippen LogP contribution in [0.1, 0.15) is 20.8 Å². The lowest BCUT2D eigenvalue weighted by molar-refractivity contribution is -0.133. The summed E-state index contributed by atoms with van der Waals surface area (Å²) in [5.74, 6) is -0.189.